The van der Waals surface area contributed by atoms with E-state index in [0.29, 0.717) is 28.8 Å². The zero-order chi connectivity index (χ0) is 19.4. The summed E-state index contributed by atoms with van der Waals surface area (Å²) in [4.78, 5) is 20.5. The fourth-order valence-corrected chi connectivity index (χ4v) is 2.64. The molecule has 3 rings (SSSR count). The van der Waals surface area contributed by atoms with E-state index in [1.54, 1.807) is 19.1 Å². The second kappa shape index (κ2) is 8.24. The zero-order valence-corrected chi connectivity index (χ0v) is 15.8. The van der Waals surface area contributed by atoms with Crippen molar-refractivity contribution < 1.29 is 18.8 Å². The van der Waals surface area contributed by atoms with Crippen LogP contribution in [0.4, 0.5) is 5.69 Å². The third kappa shape index (κ3) is 4.47. The molecule has 1 amide bonds. The lowest BCUT2D eigenvalue weighted by molar-refractivity contribution is 0.102. The van der Waals surface area contributed by atoms with Crippen molar-refractivity contribution in [1.29, 1.82) is 0 Å². The van der Waals surface area contributed by atoms with Gasteiger partial charge in [0.1, 0.15) is 0 Å². The predicted octanol–water partition coefficient (Wildman–Crippen LogP) is 3.92. The van der Waals surface area contributed by atoms with Crippen molar-refractivity contribution >= 4 is 34.8 Å². The molecular formula is C17H14Cl2N4O4. The van der Waals surface area contributed by atoms with Gasteiger partial charge in [-0.15, -0.1) is 0 Å². The van der Waals surface area contributed by atoms with Crippen LogP contribution in [0.1, 0.15) is 22.1 Å². The first-order chi connectivity index (χ1) is 13.0. The molecule has 1 aromatic carbocycles. The Morgan fingerprint density at radius 1 is 1.22 bits per heavy atom. The van der Waals surface area contributed by atoms with Crippen LogP contribution in [0, 0.1) is 6.92 Å². The number of rotatable bonds is 6. The van der Waals surface area contributed by atoms with E-state index in [1.807, 2.05) is 0 Å². The van der Waals surface area contributed by atoms with Crippen molar-refractivity contribution in [1.82, 2.24) is 15.1 Å². The number of hydrogen-bond acceptors (Lipinski definition) is 7. The number of amides is 1. The van der Waals surface area contributed by atoms with Gasteiger partial charge >= 0.3 is 0 Å². The molecular weight excluding hydrogens is 395 g/mol. The molecule has 0 unspecified atom stereocenters. The summed E-state index contributed by atoms with van der Waals surface area (Å²) >= 11 is 12.1. The standard InChI is InChI=1S/C17H14Cl2N4O4/c1-9-21-15(27-23-9)8-26-14-5-10(3-4-13(14)25-2)17(24)22-16-11(18)6-20-7-12(16)19/h3-7H,8H2,1-2H3,(H,20,22,24). The highest BCUT2D eigenvalue weighted by molar-refractivity contribution is 6.39. The highest BCUT2D eigenvalue weighted by Gasteiger charge is 2.15. The Labute approximate surface area is 164 Å². The average molecular weight is 409 g/mol. The van der Waals surface area contributed by atoms with Crippen LogP contribution in [0.2, 0.25) is 10.0 Å². The summed E-state index contributed by atoms with van der Waals surface area (Å²) in [6.45, 7) is 1.73. The van der Waals surface area contributed by atoms with Gasteiger partial charge in [0.25, 0.3) is 11.8 Å². The Balaban J connectivity index is 1.80. The fourth-order valence-electron chi connectivity index (χ4n) is 2.19. The molecule has 3 aromatic rings. The Kier molecular flexibility index (Phi) is 5.78. The number of ether oxygens (including phenoxy) is 2. The summed E-state index contributed by atoms with van der Waals surface area (Å²) in [5.74, 6) is 1.17. The zero-order valence-electron chi connectivity index (χ0n) is 14.3. The Morgan fingerprint density at radius 2 is 1.96 bits per heavy atom. The summed E-state index contributed by atoms with van der Waals surface area (Å²) < 4.78 is 15.9. The molecule has 0 aliphatic carbocycles. The summed E-state index contributed by atoms with van der Waals surface area (Å²) in [6, 6.07) is 4.72. The van der Waals surface area contributed by atoms with E-state index in [0.717, 1.165) is 0 Å². The first-order valence-corrected chi connectivity index (χ1v) is 8.44. The molecule has 0 saturated heterocycles. The monoisotopic (exact) mass is 408 g/mol. The number of pyridine rings is 1. The minimum Gasteiger partial charge on any atom is -0.493 e. The molecule has 0 spiro atoms. The Hall–Kier alpha value is -2.84. The van der Waals surface area contributed by atoms with Crippen molar-refractivity contribution in [3.63, 3.8) is 0 Å². The summed E-state index contributed by atoms with van der Waals surface area (Å²) in [6.07, 6.45) is 2.77. The maximum atomic E-state index is 12.6. The van der Waals surface area contributed by atoms with Crippen molar-refractivity contribution in [2.45, 2.75) is 13.5 Å². The highest BCUT2D eigenvalue weighted by atomic mass is 35.5. The Bertz CT molecular complexity index is 957. The SMILES string of the molecule is COc1ccc(C(=O)Nc2c(Cl)cncc2Cl)cc1OCc1nc(C)no1. The smallest absolute Gasteiger partial charge is 0.264 e. The van der Waals surface area contributed by atoms with Gasteiger partial charge in [-0.25, -0.2) is 0 Å². The molecule has 2 aromatic heterocycles. The molecule has 2 heterocycles. The number of carbonyl (C=O) groups is 1. The van der Waals surface area contributed by atoms with E-state index in [-0.39, 0.29) is 22.3 Å². The molecule has 10 heteroatoms. The van der Waals surface area contributed by atoms with Crippen LogP contribution < -0.4 is 14.8 Å². The molecule has 0 fully saturated rings. The number of nitrogens with one attached hydrogen (secondary N) is 1. The average Bonchev–Trinajstić information content (AvgIpc) is 3.08. The molecule has 0 atom stereocenters. The van der Waals surface area contributed by atoms with E-state index < -0.39 is 5.91 Å². The molecule has 0 saturated carbocycles. The number of hydrogen-bond donors (Lipinski definition) is 1. The lowest BCUT2D eigenvalue weighted by atomic mass is 10.2. The minimum atomic E-state index is -0.425. The molecule has 27 heavy (non-hydrogen) atoms. The second-order valence-corrected chi connectivity index (χ2v) is 6.14. The van der Waals surface area contributed by atoms with Crippen LogP contribution >= 0.6 is 23.2 Å². The van der Waals surface area contributed by atoms with Gasteiger partial charge in [0.15, 0.2) is 23.9 Å². The van der Waals surface area contributed by atoms with Gasteiger partial charge in [-0.05, 0) is 25.1 Å². The van der Waals surface area contributed by atoms with Crippen LogP contribution in [0.3, 0.4) is 0 Å². The van der Waals surface area contributed by atoms with Gasteiger partial charge in [0.05, 0.1) is 22.8 Å². The lowest BCUT2D eigenvalue weighted by Crippen LogP contribution is -2.13. The van der Waals surface area contributed by atoms with Gasteiger partial charge in [0, 0.05) is 18.0 Å². The predicted molar refractivity (Wildman–Crippen MR) is 98.6 cm³/mol. The van der Waals surface area contributed by atoms with Crippen LogP contribution in [0.25, 0.3) is 0 Å². The molecule has 140 valence electrons. The van der Waals surface area contributed by atoms with Gasteiger partial charge in [-0.3, -0.25) is 9.78 Å². The number of aromatic nitrogens is 3. The molecule has 0 radical (unpaired) electrons. The Morgan fingerprint density at radius 3 is 2.59 bits per heavy atom. The van der Waals surface area contributed by atoms with Crippen molar-refractivity contribution in [2.24, 2.45) is 0 Å². The van der Waals surface area contributed by atoms with Crippen LogP contribution in [0.5, 0.6) is 11.5 Å². The van der Waals surface area contributed by atoms with E-state index in [1.165, 1.54) is 25.6 Å². The first-order valence-electron chi connectivity index (χ1n) is 7.68. The number of halogens is 2. The fraction of sp³-hybridized carbons (Fsp3) is 0.176. The number of anilines is 1. The minimum absolute atomic E-state index is 0.0320. The highest BCUT2D eigenvalue weighted by Crippen LogP contribution is 2.31. The molecule has 8 nitrogen and oxygen atoms in total. The van der Waals surface area contributed by atoms with Crippen molar-refractivity contribution in [3.05, 3.63) is 57.9 Å². The van der Waals surface area contributed by atoms with Crippen LogP contribution in [0.15, 0.2) is 35.1 Å². The van der Waals surface area contributed by atoms with Gasteiger partial charge in [-0.2, -0.15) is 4.98 Å². The van der Waals surface area contributed by atoms with Gasteiger partial charge in [0.2, 0.25) is 0 Å². The number of aryl methyl sites for hydroxylation is 1. The van der Waals surface area contributed by atoms with E-state index in [2.05, 4.69) is 20.4 Å². The largest absolute Gasteiger partial charge is 0.493 e. The summed E-state index contributed by atoms with van der Waals surface area (Å²) in [7, 11) is 1.50. The molecule has 0 aliphatic rings. The second-order valence-electron chi connectivity index (χ2n) is 5.32. The molecule has 0 bridgehead atoms. The maximum absolute atomic E-state index is 12.6. The third-order valence-corrected chi connectivity index (χ3v) is 4.01. The van der Waals surface area contributed by atoms with Crippen molar-refractivity contribution in [2.75, 3.05) is 12.4 Å². The van der Waals surface area contributed by atoms with E-state index in [9.17, 15) is 4.79 Å². The van der Waals surface area contributed by atoms with E-state index >= 15 is 0 Å². The maximum Gasteiger partial charge on any atom is 0.264 e. The van der Waals surface area contributed by atoms with E-state index in [4.69, 9.17) is 37.2 Å². The third-order valence-electron chi connectivity index (χ3n) is 3.44. The topological polar surface area (TPSA) is 99.4 Å². The number of carbonyl (C=O) groups excluding carboxylic acids is 1. The quantitative estimate of drug-likeness (QED) is 0.659. The van der Waals surface area contributed by atoms with Crippen LogP contribution in [-0.2, 0) is 6.61 Å². The number of benzene rings is 1. The van der Waals surface area contributed by atoms with Crippen molar-refractivity contribution in [3.8, 4) is 11.5 Å². The van der Waals surface area contributed by atoms with Gasteiger partial charge < -0.3 is 19.3 Å². The number of nitrogens with zero attached hydrogens (tertiary/aromatic N) is 3. The number of methoxy groups -OCH3 is 1. The first kappa shape index (κ1) is 18.9. The lowest BCUT2D eigenvalue weighted by Gasteiger charge is -2.12. The normalized spacial score (nSPS) is 10.5. The van der Waals surface area contributed by atoms with Crippen LogP contribution in [-0.4, -0.2) is 28.1 Å². The van der Waals surface area contributed by atoms with Gasteiger partial charge in [-0.1, -0.05) is 28.4 Å². The molecule has 0 aliphatic heterocycles. The summed E-state index contributed by atoms with van der Waals surface area (Å²) in [5, 5.41) is 6.80. The summed E-state index contributed by atoms with van der Waals surface area (Å²) in [5.41, 5.74) is 0.592. The molecule has 1 N–H and O–H groups in total.